The van der Waals surface area contributed by atoms with Crippen molar-refractivity contribution in [1.29, 1.82) is 0 Å². The van der Waals surface area contributed by atoms with Crippen molar-refractivity contribution in [2.45, 2.75) is 0 Å². The normalized spacial score (nSPS) is 10.9. The maximum atomic E-state index is 11.8. The number of hydrogen-bond donors (Lipinski definition) is 1. The van der Waals surface area contributed by atoms with Gasteiger partial charge in [0.15, 0.2) is 0 Å². The molecule has 0 spiro atoms. The first kappa shape index (κ1) is 13.3. The third-order valence-electron chi connectivity index (χ3n) is 2.67. The Morgan fingerprint density at radius 2 is 1.71 bits per heavy atom. The van der Waals surface area contributed by atoms with Crippen LogP contribution in [0.25, 0.3) is 0 Å². The molecule has 1 N–H and O–H groups in total. The standard InChI is InChI=1S/C15H12N4OS/c20-15-18-14(17-13-9-5-2-6-10-13)21-19(15)16-11-12-7-3-1-4-8-12/h1-11H,(H,17,18,20)/b16-11+. The van der Waals surface area contributed by atoms with Gasteiger partial charge >= 0.3 is 5.69 Å². The van der Waals surface area contributed by atoms with Gasteiger partial charge in [0.1, 0.15) is 0 Å². The van der Waals surface area contributed by atoms with Crippen molar-refractivity contribution in [2.24, 2.45) is 5.10 Å². The summed E-state index contributed by atoms with van der Waals surface area (Å²) in [6, 6.07) is 19.2. The number of aromatic nitrogens is 2. The molecule has 2 aromatic carbocycles. The van der Waals surface area contributed by atoms with Gasteiger partial charge in [-0.1, -0.05) is 48.5 Å². The highest BCUT2D eigenvalue weighted by Gasteiger charge is 2.04. The van der Waals surface area contributed by atoms with E-state index in [1.54, 1.807) is 6.21 Å². The summed E-state index contributed by atoms with van der Waals surface area (Å²) in [4.78, 5) is 15.7. The van der Waals surface area contributed by atoms with Gasteiger partial charge in [-0.05, 0) is 17.7 Å². The molecule has 5 nitrogen and oxygen atoms in total. The molecule has 0 saturated carbocycles. The van der Waals surface area contributed by atoms with Gasteiger partial charge in [0, 0.05) is 17.2 Å². The number of anilines is 2. The Hall–Kier alpha value is -2.73. The lowest BCUT2D eigenvalue weighted by Gasteiger charge is -1.99. The van der Waals surface area contributed by atoms with Gasteiger partial charge in [-0.2, -0.15) is 10.1 Å². The highest BCUT2D eigenvalue weighted by molar-refractivity contribution is 7.10. The van der Waals surface area contributed by atoms with E-state index in [9.17, 15) is 4.79 Å². The van der Waals surface area contributed by atoms with Crippen molar-refractivity contribution in [1.82, 2.24) is 9.05 Å². The topological polar surface area (TPSA) is 59.3 Å². The quantitative estimate of drug-likeness (QED) is 0.753. The summed E-state index contributed by atoms with van der Waals surface area (Å²) >= 11 is 1.16. The average molecular weight is 296 g/mol. The molecule has 0 bridgehead atoms. The molecule has 0 atom stereocenters. The van der Waals surface area contributed by atoms with Crippen LogP contribution in [0.3, 0.4) is 0 Å². The van der Waals surface area contributed by atoms with E-state index in [0.29, 0.717) is 5.13 Å². The molecule has 0 unspecified atom stereocenters. The summed E-state index contributed by atoms with van der Waals surface area (Å²) in [5, 5.41) is 7.72. The van der Waals surface area contributed by atoms with E-state index in [1.807, 2.05) is 60.7 Å². The Morgan fingerprint density at radius 1 is 1.05 bits per heavy atom. The van der Waals surface area contributed by atoms with E-state index < -0.39 is 5.69 Å². The first-order chi connectivity index (χ1) is 10.3. The fourth-order valence-corrected chi connectivity index (χ4v) is 2.36. The highest BCUT2D eigenvalue weighted by atomic mass is 32.1. The molecule has 3 rings (SSSR count). The number of hydrogen-bond acceptors (Lipinski definition) is 5. The molecule has 1 aromatic heterocycles. The Labute approximate surface area is 125 Å². The lowest BCUT2D eigenvalue weighted by atomic mass is 10.2. The van der Waals surface area contributed by atoms with Crippen LogP contribution in [0.4, 0.5) is 10.8 Å². The Kier molecular flexibility index (Phi) is 3.88. The predicted octanol–water partition coefficient (Wildman–Crippen LogP) is 2.93. The molecule has 0 aliphatic rings. The molecule has 0 radical (unpaired) electrons. The fraction of sp³-hybridized carbons (Fsp3) is 0. The zero-order valence-corrected chi connectivity index (χ0v) is 11.8. The van der Waals surface area contributed by atoms with Crippen molar-refractivity contribution >= 4 is 28.6 Å². The van der Waals surface area contributed by atoms with Crippen LogP contribution in [0.1, 0.15) is 5.56 Å². The minimum absolute atomic E-state index is 0.398. The maximum Gasteiger partial charge on any atom is 0.380 e. The van der Waals surface area contributed by atoms with E-state index in [4.69, 9.17) is 0 Å². The first-order valence-electron chi connectivity index (χ1n) is 6.33. The van der Waals surface area contributed by atoms with Crippen LogP contribution >= 0.6 is 11.5 Å². The molecule has 1 heterocycles. The van der Waals surface area contributed by atoms with Crippen LogP contribution in [0.2, 0.25) is 0 Å². The number of nitrogens with one attached hydrogen (secondary N) is 1. The monoisotopic (exact) mass is 296 g/mol. The number of para-hydroxylation sites is 1. The molecular weight excluding hydrogens is 284 g/mol. The molecule has 21 heavy (non-hydrogen) atoms. The second-order valence-corrected chi connectivity index (χ2v) is 5.13. The van der Waals surface area contributed by atoms with E-state index >= 15 is 0 Å². The molecule has 0 saturated heterocycles. The van der Waals surface area contributed by atoms with Crippen LogP contribution in [0.15, 0.2) is 70.6 Å². The van der Waals surface area contributed by atoms with Crippen LogP contribution in [0.5, 0.6) is 0 Å². The second-order valence-electron chi connectivity index (χ2n) is 4.21. The van der Waals surface area contributed by atoms with Crippen molar-refractivity contribution in [3.8, 4) is 0 Å². The zero-order chi connectivity index (χ0) is 14.5. The zero-order valence-electron chi connectivity index (χ0n) is 11.0. The van der Waals surface area contributed by atoms with Crippen LogP contribution in [0, 0.1) is 0 Å². The Bertz CT molecular complexity index is 793. The van der Waals surface area contributed by atoms with Gasteiger partial charge in [0.2, 0.25) is 5.13 Å². The van der Waals surface area contributed by atoms with E-state index in [1.165, 1.54) is 4.07 Å². The lowest BCUT2D eigenvalue weighted by Crippen LogP contribution is -2.11. The summed E-state index contributed by atoms with van der Waals surface area (Å²) in [5.41, 5.74) is 1.41. The summed E-state index contributed by atoms with van der Waals surface area (Å²) in [6.07, 6.45) is 1.63. The highest BCUT2D eigenvalue weighted by Crippen LogP contribution is 2.16. The smallest absolute Gasteiger partial charge is 0.330 e. The Balaban J connectivity index is 1.79. The predicted molar refractivity (Wildman–Crippen MR) is 85.5 cm³/mol. The molecule has 0 fully saturated rings. The minimum atomic E-state index is -0.398. The number of rotatable bonds is 4. The van der Waals surface area contributed by atoms with Crippen LogP contribution < -0.4 is 11.0 Å². The molecular formula is C15H12N4OS. The molecule has 0 aliphatic carbocycles. The van der Waals surface area contributed by atoms with Gasteiger partial charge in [0.05, 0.1) is 6.21 Å². The minimum Gasteiger partial charge on any atom is -0.330 e. The third-order valence-corrected chi connectivity index (χ3v) is 3.46. The summed E-state index contributed by atoms with van der Waals surface area (Å²) in [7, 11) is 0. The summed E-state index contributed by atoms with van der Waals surface area (Å²) < 4.78 is 1.25. The fourth-order valence-electron chi connectivity index (χ4n) is 1.70. The van der Waals surface area contributed by atoms with E-state index in [0.717, 1.165) is 22.8 Å². The summed E-state index contributed by atoms with van der Waals surface area (Å²) in [6.45, 7) is 0. The van der Waals surface area contributed by atoms with Crippen molar-refractivity contribution in [3.63, 3.8) is 0 Å². The van der Waals surface area contributed by atoms with Gasteiger partial charge in [-0.25, -0.2) is 4.79 Å². The molecule has 6 heteroatoms. The second kappa shape index (κ2) is 6.15. The van der Waals surface area contributed by atoms with Crippen molar-refractivity contribution in [2.75, 3.05) is 5.32 Å². The molecule has 3 aromatic rings. The molecule has 0 amide bonds. The van der Waals surface area contributed by atoms with Crippen LogP contribution in [-0.2, 0) is 0 Å². The van der Waals surface area contributed by atoms with Gasteiger partial charge in [-0.3, -0.25) is 0 Å². The summed E-state index contributed by atoms with van der Waals surface area (Å²) in [5.74, 6) is 0. The average Bonchev–Trinajstić information content (AvgIpc) is 2.87. The van der Waals surface area contributed by atoms with E-state index in [2.05, 4.69) is 15.4 Å². The van der Waals surface area contributed by atoms with Gasteiger partial charge in [-0.15, -0.1) is 4.07 Å². The largest absolute Gasteiger partial charge is 0.380 e. The molecule has 0 aliphatic heterocycles. The maximum absolute atomic E-state index is 11.8. The van der Waals surface area contributed by atoms with Crippen molar-refractivity contribution in [3.05, 3.63) is 76.7 Å². The van der Waals surface area contributed by atoms with Gasteiger partial charge in [0.25, 0.3) is 0 Å². The SMILES string of the molecule is O=c1nc(Nc2ccccc2)sn1/N=C/c1ccccc1. The number of nitrogens with zero attached hydrogens (tertiary/aromatic N) is 3. The Morgan fingerprint density at radius 3 is 2.43 bits per heavy atom. The molecule has 104 valence electrons. The lowest BCUT2D eigenvalue weighted by molar-refractivity contribution is 0.904. The van der Waals surface area contributed by atoms with Crippen LogP contribution in [-0.4, -0.2) is 15.3 Å². The first-order valence-corrected chi connectivity index (χ1v) is 7.10. The van der Waals surface area contributed by atoms with Crippen molar-refractivity contribution < 1.29 is 0 Å². The van der Waals surface area contributed by atoms with E-state index in [-0.39, 0.29) is 0 Å². The van der Waals surface area contributed by atoms with Gasteiger partial charge < -0.3 is 5.32 Å². The number of benzene rings is 2. The third kappa shape index (κ3) is 3.43.